The second-order valence-corrected chi connectivity index (χ2v) is 4.69. The summed E-state index contributed by atoms with van der Waals surface area (Å²) in [5.74, 6) is -1.54. The van der Waals surface area contributed by atoms with E-state index in [9.17, 15) is 14.8 Å². The summed E-state index contributed by atoms with van der Waals surface area (Å²) in [6.07, 6.45) is -0.316. The monoisotopic (exact) mass is 353 g/mol. The summed E-state index contributed by atoms with van der Waals surface area (Å²) in [5, 5.41) is 21.2. The molecule has 1 rings (SSSR count). The fourth-order valence-corrected chi connectivity index (χ4v) is 1.85. The van der Waals surface area contributed by atoms with Gasteiger partial charge in [-0.05, 0) is 18.2 Å². The molecule has 0 fully saturated rings. The molecule has 9 nitrogen and oxygen atoms in total. The van der Waals surface area contributed by atoms with Crippen molar-refractivity contribution in [2.45, 2.75) is 13.2 Å². The van der Waals surface area contributed by atoms with E-state index < -0.39 is 23.7 Å². The van der Waals surface area contributed by atoms with Crippen molar-refractivity contribution in [1.29, 1.82) is 0 Å². The molecular formula is C16H19NO8. The molecule has 136 valence electrons. The minimum absolute atomic E-state index is 0.147. The molecule has 0 aromatic heterocycles. The Balaban J connectivity index is 3.63. The predicted molar refractivity (Wildman–Crippen MR) is 86.0 cm³/mol. The quantitative estimate of drug-likeness (QED) is 0.0740. The number of hydroxylamine groups is 1. The van der Waals surface area contributed by atoms with Crippen LogP contribution in [0.3, 0.4) is 0 Å². The lowest BCUT2D eigenvalue weighted by molar-refractivity contribution is -0.595. The summed E-state index contributed by atoms with van der Waals surface area (Å²) >= 11 is 0. The first-order valence-corrected chi connectivity index (χ1v) is 7.05. The van der Waals surface area contributed by atoms with Gasteiger partial charge < -0.3 is 19.4 Å². The van der Waals surface area contributed by atoms with Gasteiger partial charge in [-0.2, -0.15) is 9.63 Å². The number of nitrogens with zero attached hydrogens (tertiary/aromatic N) is 1. The Kier molecular flexibility index (Phi) is 7.57. The van der Waals surface area contributed by atoms with Crippen molar-refractivity contribution < 1.29 is 38.7 Å². The molecule has 1 aromatic rings. The smallest absolute Gasteiger partial charge is 0.345 e. The van der Waals surface area contributed by atoms with Gasteiger partial charge in [0.2, 0.25) is 5.71 Å². The fraction of sp³-hybridized carbons (Fsp3) is 0.312. The molecule has 9 heteroatoms. The van der Waals surface area contributed by atoms with Crippen LogP contribution in [0, 0.1) is 5.21 Å². The van der Waals surface area contributed by atoms with Crippen LogP contribution in [0.15, 0.2) is 35.9 Å². The van der Waals surface area contributed by atoms with E-state index in [-0.39, 0.29) is 10.5 Å². The van der Waals surface area contributed by atoms with Crippen LogP contribution in [0.4, 0.5) is 0 Å². The number of allylic oxidation sites excluding steroid dienone is 1. The van der Waals surface area contributed by atoms with Crippen LogP contribution in [-0.4, -0.2) is 55.2 Å². The predicted octanol–water partition coefficient (Wildman–Crippen LogP) is 1.10. The number of carbonyl (C=O) groups excluding carboxylic acids is 2. The highest BCUT2D eigenvalue weighted by atomic mass is 17.1. The Morgan fingerprint density at radius 1 is 1.20 bits per heavy atom. The van der Waals surface area contributed by atoms with Crippen molar-refractivity contribution in [2.75, 3.05) is 21.3 Å². The van der Waals surface area contributed by atoms with Gasteiger partial charge in [0.25, 0.3) is 6.23 Å². The molecule has 0 saturated heterocycles. The fourth-order valence-electron chi connectivity index (χ4n) is 1.85. The average molecular weight is 353 g/mol. The summed E-state index contributed by atoms with van der Waals surface area (Å²) in [6.45, 7) is 1.27. The number of benzene rings is 1. The van der Waals surface area contributed by atoms with Crippen LogP contribution in [0.5, 0.6) is 5.75 Å². The molecule has 0 amide bonds. The zero-order valence-corrected chi connectivity index (χ0v) is 14.2. The van der Waals surface area contributed by atoms with Crippen LogP contribution in [0.25, 0.3) is 0 Å². The largest absolute Gasteiger partial charge is 0.621 e. The second kappa shape index (κ2) is 9.40. The number of hydrogen-bond donors (Lipinski definition) is 1. The molecule has 0 bridgehead atoms. The molecule has 1 atom stereocenters. The molecule has 1 unspecified atom stereocenters. The van der Waals surface area contributed by atoms with Gasteiger partial charge >= 0.3 is 11.9 Å². The Morgan fingerprint density at radius 2 is 1.80 bits per heavy atom. The SMILES string of the molecule is COC(=O)C(=C/C(c1cccc(OC)c1)=[N+](/[O-])C(C)OO)C(=O)OC. The molecule has 25 heavy (non-hydrogen) atoms. The van der Waals surface area contributed by atoms with Crippen molar-refractivity contribution >= 4 is 17.7 Å². The van der Waals surface area contributed by atoms with Crippen molar-refractivity contribution in [3.63, 3.8) is 0 Å². The zero-order chi connectivity index (χ0) is 19.0. The van der Waals surface area contributed by atoms with Crippen LogP contribution in [-0.2, 0) is 24.0 Å². The molecule has 0 radical (unpaired) electrons. The Hall–Kier alpha value is -2.91. The van der Waals surface area contributed by atoms with Gasteiger partial charge in [0.05, 0.1) is 26.9 Å². The molecule has 0 spiro atoms. The summed E-state index contributed by atoms with van der Waals surface area (Å²) < 4.78 is 14.4. The van der Waals surface area contributed by atoms with E-state index in [0.29, 0.717) is 11.3 Å². The Labute approximate surface area is 144 Å². The van der Waals surface area contributed by atoms with E-state index in [1.165, 1.54) is 20.1 Å². The lowest BCUT2D eigenvalue weighted by Crippen LogP contribution is -2.28. The van der Waals surface area contributed by atoms with Gasteiger partial charge in [-0.25, -0.2) is 14.8 Å². The topological polar surface area (TPSA) is 117 Å². The maximum Gasteiger partial charge on any atom is 0.345 e. The summed E-state index contributed by atoms with van der Waals surface area (Å²) in [7, 11) is 3.61. The second-order valence-electron chi connectivity index (χ2n) is 4.69. The number of carbonyl (C=O) groups is 2. The highest BCUT2D eigenvalue weighted by molar-refractivity contribution is 6.20. The number of ether oxygens (including phenoxy) is 3. The van der Waals surface area contributed by atoms with Crippen LogP contribution in [0.2, 0.25) is 0 Å². The Morgan fingerprint density at radius 3 is 2.28 bits per heavy atom. The lowest BCUT2D eigenvalue weighted by Gasteiger charge is -2.14. The Bertz CT molecular complexity index is 677. The summed E-state index contributed by atoms with van der Waals surface area (Å²) in [4.78, 5) is 27.7. The van der Waals surface area contributed by atoms with Gasteiger partial charge in [0, 0.05) is 13.0 Å². The first kappa shape index (κ1) is 20.1. The zero-order valence-electron chi connectivity index (χ0n) is 14.2. The number of methoxy groups -OCH3 is 3. The van der Waals surface area contributed by atoms with E-state index in [1.807, 2.05) is 0 Å². The number of hydrogen-bond acceptors (Lipinski definition) is 8. The summed E-state index contributed by atoms with van der Waals surface area (Å²) in [6, 6.07) is 6.31. The van der Waals surface area contributed by atoms with E-state index in [4.69, 9.17) is 9.99 Å². The van der Waals surface area contributed by atoms with Crippen LogP contribution in [0.1, 0.15) is 12.5 Å². The van der Waals surface area contributed by atoms with Crippen molar-refractivity contribution in [3.05, 3.63) is 46.7 Å². The molecule has 1 aromatic carbocycles. The van der Waals surface area contributed by atoms with E-state index >= 15 is 0 Å². The van der Waals surface area contributed by atoms with E-state index in [1.54, 1.807) is 18.2 Å². The standard InChI is InChI=1S/C16H19NO8/c1-10(25-21)17(20)14(11-6-5-7-12(8-11)22-2)9-13(15(18)23-3)16(19)24-4/h5-10,21H,1-4H3/b17-14-. The van der Waals surface area contributed by atoms with Crippen molar-refractivity contribution in [1.82, 2.24) is 0 Å². The van der Waals surface area contributed by atoms with Gasteiger partial charge in [0.15, 0.2) is 5.57 Å². The highest BCUT2D eigenvalue weighted by Gasteiger charge is 2.25. The van der Waals surface area contributed by atoms with Gasteiger partial charge in [0.1, 0.15) is 5.75 Å². The number of rotatable bonds is 7. The van der Waals surface area contributed by atoms with Gasteiger partial charge in [-0.15, -0.1) is 0 Å². The third kappa shape index (κ3) is 5.03. The third-order valence-electron chi connectivity index (χ3n) is 3.18. The highest BCUT2D eigenvalue weighted by Crippen LogP contribution is 2.16. The minimum atomic E-state index is -1.31. The maximum atomic E-state index is 12.4. The molecule has 0 heterocycles. The summed E-state index contributed by atoms with van der Waals surface area (Å²) in [5.41, 5.74) is -0.344. The first-order chi connectivity index (χ1) is 11.9. The van der Waals surface area contributed by atoms with Crippen molar-refractivity contribution in [3.8, 4) is 5.75 Å². The number of esters is 2. The van der Waals surface area contributed by atoms with Crippen molar-refractivity contribution in [2.24, 2.45) is 0 Å². The van der Waals surface area contributed by atoms with E-state index in [0.717, 1.165) is 20.3 Å². The third-order valence-corrected chi connectivity index (χ3v) is 3.18. The minimum Gasteiger partial charge on any atom is -0.621 e. The molecule has 0 aliphatic rings. The molecule has 0 aliphatic heterocycles. The van der Waals surface area contributed by atoms with Gasteiger partial charge in [-0.3, -0.25) is 0 Å². The molecule has 1 N–H and O–H groups in total. The molecule has 0 saturated carbocycles. The lowest BCUT2D eigenvalue weighted by atomic mass is 10.1. The van der Waals surface area contributed by atoms with Gasteiger partial charge in [-0.1, -0.05) is 6.07 Å². The average Bonchev–Trinajstić information content (AvgIpc) is 2.66. The normalized spacial score (nSPS) is 12.5. The molecule has 0 aliphatic carbocycles. The first-order valence-electron chi connectivity index (χ1n) is 7.05. The van der Waals surface area contributed by atoms with E-state index in [2.05, 4.69) is 14.4 Å². The maximum absolute atomic E-state index is 12.4. The van der Waals surface area contributed by atoms with Crippen LogP contribution < -0.4 is 4.74 Å². The van der Waals surface area contributed by atoms with Crippen LogP contribution >= 0.6 is 0 Å². The molecular weight excluding hydrogens is 334 g/mol.